The molecule has 144 valence electrons. The van der Waals surface area contributed by atoms with E-state index in [4.69, 9.17) is 21.6 Å². The Morgan fingerprint density at radius 2 is 2.18 bits per heavy atom. The van der Waals surface area contributed by atoms with Crippen molar-refractivity contribution in [1.29, 1.82) is 5.26 Å². The maximum atomic E-state index is 14.7. The predicted molar refractivity (Wildman–Crippen MR) is 107 cm³/mol. The highest BCUT2D eigenvalue weighted by Gasteiger charge is 2.61. The van der Waals surface area contributed by atoms with Gasteiger partial charge in [-0.3, -0.25) is 5.01 Å². The number of nitriles is 1. The molecule has 0 aromatic heterocycles. The van der Waals surface area contributed by atoms with E-state index in [1.54, 1.807) is 31.2 Å². The van der Waals surface area contributed by atoms with Crippen LogP contribution in [0.15, 0.2) is 59.2 Å². The van der Waals surface area contributed by atoms with Gasteiger partial charge in [-0.05, 0) is 19.1 Å². The second-order valence-corrected chi connectivity index (χ2v) is 7.32. The summed E-state index contributed by atoms with van der Waals surface area (Å²) in [5.41, 5.74) is -0.287. The van der Waals surface area contributed by atoms with Crippen molar-refractivity contribution in [2.45, 2.75) is 18.6 Å². The van der Waals surface area contributed by atoms with Crippen molar-refractivity contribution >= 4 is 29.6 Å². The van der Waals surface area contributed by atoms with Crippen molar-refractivity contribution in [2.24, 2.45) is 5.10 Å². The molecule has 8 heteroatoms. The first-order valence-electron chi connectivity index (χ1n) is 8.31. The Hall–Kier alpha value is -2.40. The fraction of sp³-hybridized carbons (Fsp3) is 0.200. The van der Waals surface area contributed by atoms with E-state index in [0.717, 1.165) is 17.8 Å². The third kappa shape index (κ3) is 3.90. The van der Waals surface area contributed by atoms with E-state index in [2.05, 4.69) is 11.7 Å². The summed E-state index contributed by atoms with van der Waals surface area (Å²) in [7, 11) is 0. The summed E-state index contributed by atoms with van der Waals surface area (Å²) in [4.78, 5) is 0. The zero-order valence-electron chi connectivity index (χ0n) is 14.9. The quantitative estimate of drug-likeness (QED) is 0.254. The molecule has 28 heavy (non-hydrogen) atoms. The van der Waals surface area contributed by atoms with Gasteiger partial charge in [0.25, 0.3) is 0 Å². The van der Waals surface area contributed by atoms with Crippen LogP contribution in [-0.4, -0.2) is 17.8 Å². The van der Waals surface area contributed by atoms with Crippen LogP contribution in [0.3, 0.4) is 0 Å². The van der Waals surface area contributed by atoms with Crippen molar-refractivity contribution in [3.8, 4) is 5.40 Å². The van der Waals surface area contributed by atoms with E-state index in [9.17, 15) is 8.78 Å². The lowest BCUT2D eigenvalue weighted by molar-refractivity contribution is 0.225. The van der Waals surface area contributed by atoms with Gasteiger partial charge < -0.3 is 4.74 Å². The molecular weight excluding hydrogens is 404 g/mol. The van der Waals surface area contributed by atoms with Crippen LogP contribution in [0.1, 0.15) is 24.2 Å². The molecule has 1 aliphatic heterocycles. The normalized spacial score (nSPS) is 20.8. The van der Waals surface area contributed by atoms with Crippen LogP contribution in [0.25, 0.3) is 0 Å². The minimum Gasteiger partial charge on any atom is -0.354 e. The van der Waals surface area contributed by atoms with Crippen LogP contribution in [0.5, 0.6) is 0 Å². The van der Waals surface area contributed by atoms with Crippen molar-refractivity contribution in [2.75, 3.05) is 6.54 Å². The van der Waals surface area contributed by atoms with Gasteiger partial charge in [0.1, 0.15) is 28.7 Å². The van der Waals surface area contributed by atoms with Crippen LogP contribution in [0, 0.1) is 22.3 Å². The average Bonchev–Trinajstić information content (AvgIpc) is 3.36. The SMILES string of the molecule is C=C(SC#N)N(CC1(c2ccc(F)cc2F)OC1c1ccccc1Cl)N=CC. The largest absolute Gasteiger partial charge is 0.354 e. The van der Waals surface area contributed by atoms with Crippen LogP contribution >= 0.6 is 23.4 Å². The molecule has 3 rings (SSSR count). The van der Waals surface area contributed by atoms with E-state index < -0.39 is 23.3 Å². The van der Waals surface area contributed by atoms with E-state index in [-0.39, 0.29) is 12.1 Å². The number of hydrogen-bond acceptors (Lipinski definition) is 5. The van der Waals surface area contributed by atoms with Crippen molar-refractivity contribution in [1.82, 2.24) is 5.01 Å². The van der Waals surface area contributed by atoms with Crippen molar-refractivity contribution < 1.29 is 13.5 Å². The summed E-state index contributed by atoms with van der Waals surface area (Å²) >= 11 is 7.15. The fourth-order valence-electron chi connectivity index (χ4n) is 3.08. The summed E-state index contributed by atoms with van der Waals surface area (Å²) in [5.74, 6) is -1.41. The number of hydrazone groups is 1. The maximum absolute atomic E-state index is 14.7. The summed E-state index contributed by atoms with van der Waals surface area (Å²) < 4.78 is 34.1. The molecule has 0 radical (unpaired) electrons. The highest BCUT2D eigenvalue weighted by molar-refractivity contribution is 8.07. The van der Waals surface area contributed by atoms with E-state index in [1.165, 1.54) is 23.4 Å². The number of benzene rings is 2. The molecule has 0 amide bonds. The molecular formula is C20H16ClF2N3OS. The number of thioether (sulfide) groups is 1. The number of epoxide rings is 1. The Labute approximate surface area is 171 Å². The average molecular weight is 420 g/mol. The molecule has 2 aromatic carbocycles. The van der Waals surface area contributed by atoms with Crippen LogP contribution < -0.4 is 0 Å². The summed E-state index contributed by atoms with van der Waals surface area (Å²) in [6.07, 6.45) is 0.973. The lowest BCUT2D eigenvalue weighted by Gasteiger charge is -2.24. The van der Waals surface area contributed by atoms with Gasteiger partial charge >= 0.3 is 0 Å². The van der Waals surface area contributed by atoms with Gasteiger partial charge in [0.05, 0.1) is 11.6 Å². The zero-order chi connectivity index (χ0) is 20.3. The molecule has 0 N–H and O–H groups in total. The van der Waals surface area contributed by atoms with Crippen molar-refractivity contribution in [3.63, 3.8) is 0 Å². The van der Waals surface area contributed by atoms with E-state index in [0.29, 0.717) is 15.6 Å². The smallest absolute Gasteiger partial charge is 0.147 e. The summed E-state index contributed by atoms with van der Waals surface area (Å²) in [5, 5.41) is 17.4. The first-order valence-corrected chi connectivity index (χ1v) is 9.51. The number of nitrogens with zero attached hydrogens (tertiary/aromatic N) is 3. The van der Waals surface area contributed by atoms with Gasteiger partial charge in [-0.2, -0.15) is 10.4 Å². The number of hydrogen-bond donors (Lipinski definition) is 0. The van der Waals surface area contributed by atoms with Crippen LogP contribution in [0.4, 0.5) is 8.78 Å². The number of thiocyanates is 1. The Morgan fingerprint density at radius 1 is 1.43 bits per heavy atom. The van der Waals surface area contributed by atoms with Gasteiger partial charge in [0, 0.05) is 40.2 Å². The summed E-state index contributed by atoms with van der Waals surface area (Å²) in [6, 6.07) is 10.5. The van der Waals surface area contributed by atoms with Gasteiger partial charge in [-0.15, -0.1) is 0 Å². The minimum atomic E-state index is -1.16. The molecule has 0 saturated carbocycles. The molecule has 4 nitrogen and oxygen atoms in total. The molecule has 2 aromatic rings. The fourth-order valence-corrected chi connectivity index (χ4v) is 3.64. The Balaban J connectivity index is 2.05. The first kappa shape index (κ1) is 20.3. The van der Waals surface area contributed by atoms with Gasteiger partial charge in [0.15, 0.2) is 0 Å². The van der Waals surface area contributed by atoms with Gasteiger partial charge in [-0.1, -0.05) is 42.4 Å². The molecule has 1 aliphatic rings. The first-order chi connectivity index (χ1) is 13.4. The zero-order valence-corrected chi connectivity index (χ0v) is 16.5. The van der Waals surface area contributed by atoms with Crippen LogP contribution in [-0.2, 0) is 10.3 Å². The van der Waals surface area contributed by atoms with E-state index >= 15 is 0 Å². The highest BCUT2D eigenvalue weighted by Crippen LogP contribution is 2.59. The standard InChI is InChI=1S/C20H16ClF2N3OS/c1-3-25-26(13(2)28-12-24)11-20(16-9-8-14(22)10-18(16)23)19(27-20)15-6-4-5-7-17(15)21/h3-10,19H,2,11H2,1H3. The van der Waals surface area contributed by atoms with Crippen molar-refractivity contribution in [3.05, 3.63) is 81.9 Å². The Kier molecular flexibility index (Phi) is 6.04. The summed E-state index contributed by atoms with van der Waals surface area (Å²) in [6.45, 7) is 5.62. The number of halogens is 3. The van der Waals surface area contributed by atoms with Crippen LogP contribution in [0.2, 0.25) is 5.02 Å². The Bertz CT molecular complexity index is 978. The lowest BCUT2D eigenvalue weighted by Crippen LogP contribution is -2.29. The topological polar surface area (TPSA) is 51.9 Å². The molecule has 1 fully saturated rings. The molecule has 2 unspecified atom stereocenters. The molecule has 1 heterocycles. The molecule has 2 atom stereocenters. The van der Waals surface area contributed by atoms with Gasteiger partial charge in [0.2, 0.25) is 0 Å². The minimum absolute atomic E-state index is 0.0727. The molecule has 0 bridgehead atoms. The molecule has 0 aliphatic carbocycles. The van der Waals surface area contributed by atoms with Gasteiger partial charge in [-0.25, -0.2) is 8.78 Å². The highest BCUT2D eigenvalue weighted by atomic mass is 35.5. The number of rotatable bonds is 7. The Morgan fingerprint density at radius 3 is 2.82 bits per heavy atom. The predicted octanol–water partition coefficient (Wildman–Crippen LogP) is 5.58. The second kappa shape index (κ2) is 8.31. The molecule has 0 spiro atoms. The molecule has 1 saturated heterocycles. The third-order valence-electron chi connectivity index (χ3n) is 4.36. The maximum Gasteiger partial charge on any atom is 0.147 e. The number of ether oxygens (including phenoxy) is 1. The van der Waals surface area contributed by atoms with E-state index in [1.807, 2.05) is 5.40 Å². The monoisotopic (exact) mass is 419 g/mol. The lowest BCUT2D eigenvalue weighted by atomic mass is 9.91. The second-order valence-electron chi connectivity index (χ2n) is 6.05. The third-order valence-corrected chi connectivity index (χ3v) is 5.24.